The molecular formula is C36H42N4O8. The van der Waals surface area contributed by atoms with Crippen molar-refractivity contribution in [2.75, 3.05) is 34.9 Å². The largest absolute Gasteiger partial charge is 0.507 e. The van der Waals surface area contributed by atoms with Gasteiger partial charge in [0.2, 0.25) is 0 Å². The van der Waals surface area contributed by atoms with Crippen molar-refractivity contribution in [3.05, 3.63) is 74.8 Å². The van der Waals surface area contributed by atoms with Crippen molar-refractivity contribution in [3.63, 3.8) is 0 Å². The molecule has 48 heavy (non-hydrogen) atoms. The van der Waals surface area contributed by atoms with Crippen molar-refractivity contribution in [3.8, 4) is 34.8 Å². The third-order valence-corrected chi connectivity index (χ3v) is 10.4. The highest BCUT2D eigenvalue weighted by atomic mass is 16.5. The van der Waals surface area contributed by atoms with Crippen molar-refractivity contribution in [1.82, 2.24) is 15.1 Å². The topological polar surface area (TPSA) is 157 Å². The number of ether oxygens (including phenoxy) is 4. The Morgan fingerprint density at radius 3 is 2.19 bits per heavy atom. The number of likely N-dealkylation sites (N-methyl/N-ethyl adjacent to an activating group) is 1. The minimum atomic E-state index is -0.718. The van der Waals surface area contributed by atoms with E-state index < -0.39 is 36.9 Å². The van der Waals surface area contributed by atoms with Crippen molar-refractivity contribution >= 4 is 6.09 Å². The monoisotopic (exact) mass is 658 g/mol. The van der Waals surface area contributed by atoms with E-state index in [0.29, 0.717) is 63.5 Å². The first kappa shape index (κ1) is 33.2. The fourth-order valence-electron chi connectivity index (χ4n) is 8.39. The second-order valence-electron chi connectivity index (χ2n) is 12.6. The number of piperazine rings is 1. The molecule has 4 N–H and O–H groups in total. The lowest BCUT2D eigenvalue weighted by molar-refractivity contribution is -0.0726. The number of amides is 1. The van der Waals surface area contributed by atoms with Crippen LogP contribution in [0.1, 0.15) is 56.6 Å². The number of hydrogen-bond donors (Lipinski definition) is 4. The zero-order valence-corrected chi connectivity index (χ0v) is 28.0. The van der Waals surface area contributed by atoms with Crippen molar-refractivity contribution in [1.29, 1.82) is 5.26 Å². The van der Waals surface area contributed by atoms with Gasteiger partial charge in [-0.15, -0.1) is 0 Å². The molecule has 1 saturated heterocycles. The Morgan fingerprint density at radius 2 is 1.56 bits per heavy atom. The quantitative estimate of drug-likeness (QED) is 0.278. The second kappa shape index (κ2) is 13.1. The number of nitriles is 1. The molecule has 3 heterocycles. The Kier molecular flexibility index (Phi) is 9.04. The van der Waals surface area contributed by atoms with Gasteiger partial charge in [0.05, 0.1) is 46.1 Å². The Morgan fingerprint density at radius 1 is 0.938 bits per heavy atom. The number of benzene rings is 3. The van der Waals surface area contributed by atoms with Crippen LogP contribution >= 0.6 is 0 Å². The van der Waals surface area contributed by atoms with Gasteiger partial charge in [0, 0.05) is 57.6 Å². The Hall–Kier alpha value is -4.70. The third kappa shape index (κ3) is 5.05. The standard InChI is InChI=1S/C36H42N4O8/c1-18-23(16-41)31(42)28-21(33(18)45-4)13-25-30-29-22(34(46-5)19(2)35(47-6)32(29)43)12-24(39(30)3)26(14-37)40(25)27(28)15-38-36(44)48-17-20-10-8-7-9-11-20/h7-11,24-27,30,41-43H,12-13,15-17H2,1-6H3,(H,38,44)/t24-,25+,26+,27+,30-/m1/s1. The SMILES string of the molecule is COc1c(C)c(OC)c2c(c1O)[C@H]1[C@@H]3Cc4c(OC)c(C)c(CO)c(O)c4[C@H](CNC(=O)OCc4ccccc4)N3[C@@H](C#N)[C@@H](C2)N1C. The van der Waals surface area contributed by atoms with E-state index in [2.05, 4.69) is 16.3 Å². The molecule has 0 saturated carbocycles. The first-order valence-electron chi connectivity index (χ1n) is 15.9. The number of aliphatic hydroxyl groups excluding tert-OH is 1. The van der Waals surface area contributed by atoms with Crippen LogP contribution < -0.4 is 19.5 Å². The molecule has 12 heteroatoms. The summed E-state index contributed by atoms with van der Waals surface area (Å²) in [6.07, 6.45) is 0.0900. The maximum atomic E-state index is 13.1. The second-order valence-corrected chi connectivity index (χ2v) is 12.6. The highest BCUT2D eigenvalue weighted by Gasteiger charge is 2.57. The molecule has 3 aliphatic rings. The van der Waals surface area contributed by atoms with Gasteiger partial charge in [-0.2, -0.15) is 5.26 Å². The molecule has 0 aromatic heterocycles. The summed E-state index contributed by atoms with van der Waals surface area (Å²) in [5.41, 5.74) is 5.09. The molecule has 1 amide bonds. The zero-order valence-electron chi connectivity index (χ0n) is 28.0. The first-order valence-corrected chi connectivity index (χ1v) is 15.9. The number of fused-ring (bicyclic) bond motifs is 7. The Labute approximate surface area is 280 Å². The molecule has 0 radical (unpaired) electrons. The number of alkyl carbamates (subject to hydrolysis) is 1. The van der Waals surface area contributed by atoms with E-state index in [1.54, 1.807) is 21.1 Å². The number of rotatable bonds is 8. The van der Waals surface area contributed by atoms with E-state index in [1.165, 1.54) is 7.11 Å². The number of carbonyl (C=O) groups excluding carboxylic acids is 1. The molecule has 12 nitrogen and oxygen atoms in total. The predicted octanol–water partition coefficient (Wildman–Crippen LogP) is 3.93. The molecule has 0 spiro atoms. The van der Waals surface area contributed by atoms with Gasteiger partial charge >= 0.3 is 6.09 Å². The summed E-state index contributed by atoms with van der Waals surface area (Å²) in [5, 5.41) is 47.6. The van der Waals surface area contributed by atoms with Crippen LogP contribution in [-0.4, -0.2) is 84.3 Å². The number of aliphatic hydroxyl groups is 1. The summed E-state index contributed by atoms with van der Waals surface area (Å²) in [6.45, 7) is 3.25. The van der Waals surface area contributed by atoms with Gasteiger partial charge in [-0.05, 0) is 39.3 Å². The molecule has 3 aromatic rings. The molecule has 6 rings (SSSR count). The van der Waals surface area contributed by atoms with Gasteiger partial charge < -0.3 is 39.6 Å². The molecule has 0 unspecified atom stereocenters. The number of aromatic hydroxyl groups is 2. The molecule has 5 atom stereocenters. The molecule has 3 aliphatic heterocycles. The van der Waals surface area contributed by atoms with Crippen LogP contribution in [0.4, 0.5) is 4.79 Å². The number of methoxy groups -OCH3 is 3. The van der Waals surface area contributed by atoms with Crippen molar-refractivity contribution in [2.24, 2.45) is 0 Å². The lowest BCUT2D eigenvalue weighted by Gasteiger charge is -2.60. The van der Waals surface area contributed by atoms with Crippen LogP contribution in [0.3, 0.4) is 0 Å². The molecular weight excluding hydrogens is 616 g/mol. The molecule has 0 aliphatic carbocycles. The fraction of sp³-hybridized carbons (Fsp3) is 0.444. The van der Waals surface area contributed by atoms with Gasteiger partial charge in [-0.25, -0.2) is 4.79 Å². The smallest absolute Gasteiger partial charge is 0.407 e. The number of phenols is 2. The number of phenolic OH excluding ortho intramolecular Hbond substituents is 1. The van der Waals surface area contributed by atoms with Gasteiger partial charge in [-0.1, -0.05) is 30.3 Å². The van der Waals surface area contributed by atoms with Crippen LogP contribution in [0, 0.1) is 25.2 Å². The fourth-order valence-corrected chi connectivity index (χ4v) is 8.39. The maximum absolute atomic E-state index is 13.1. The van der Waals surface area contributed by atoms with E-state index in [4.69, 9.17) is 18.9 Å². The van der Waals surface area contributed by atoms with Gasteiger partial charge in [0.1, 0.15) is 29.9 Å². The average Bonchev–Trinajstić information content (AvgIpc) is 3.08. The van der Waals surface area contributed by atoms with Crippen LogP contribution in [0.25, 0.3) is 0 Å². The highest BCUT2D eigenvalue weighted by molar-refractivity contribution is 5.68. The predicted molar refractivity (Wildman–Crippen MR) is 175 cm³/mol. The summed E-state index contributed by atoms with van der Waals surface area (Å²) in [4.78, 5) is 17.3. The Bertz CT molecular complexity index is 1770. The van der Waals surface area contributed by atoms with Crippen molar-refractivity contribution < 1.29 is 39.1 Å². The summed E-state index contributed by atoms with van der Waals surface area (Å²) < 4.78 is 23.0. The van der Waals surface area contributed by atoms with Crippen LogP contribution in [0.15, 0.2) is 30.3 Å². The lowest BCUT2D eigenvalue weighted by Crippen LogP contribution is -2.68. The lowest BCUT2D eigenvalue weighted by atomic mass is 9.71. The van der Waals surface area contributed by atoms with E-state index >= 15 is 0 Å². The van der Waals surface area contributed by atoms with Gasteiger partial charge in [0.25, 0.3) is 0 Å². The molecule has 254 valence electrons. The van der Waals surface area contributed by atoms with Crippen LogP contribution in [0.5, 0.6) is 28.7 Å². The molecule has 3 aromatic carbocycles. The molecule has 2 bridgehead atoms. The average molecular weight is 659 g/mol. The van der Waals surface area contributed by atoms with E-state index in [0.717, 1.165) is 11.1 Å². The summed E-state index contributed by atoms with van der Waals surface area (Å²) in [7, 11) is 6.60. The highest BCUT2D eigenvalue weighted by Crippen LogP contribution is 2.58. The van der Waals surface area contributed by atoms with Gasteiger partial charge in [0.15, 0.2) is 11.5 Å². The normalized spacial score (nSPS) is 22.8. The van der Waals surface area contributed by atoms with Gasteiger partial charge in [-0.3, -0.25) is 9.80 Å². The minimum Gasteiger partial charge on any atom is -0.507 e. The Balaban J connectivity index is 1.51. The number of carbonyl (C=O) groups is 1. The number of hydrogen-bond acceptors (Lipinski definition) is 11. The van der Waals surface area contributed by atoms with E-state index in [9.17, 15) is 25.4 Å². The van der Waals surface area contributed by atoms with Crippen molar-refractivity contribution in [2.45, 2.75) is 70.1 Å². The molecule has 1 fully saturated rings. The van der Waals surface area contributed by atoms with Crippen LogP contribution in [-0.2, 0) is 30.8 Å². The maximum Gasteiger partial charge on any atom is 0.407 e. The van der Waals surface area contributed by atoms with E-state index in [-0.39, 0.29) is 30.7 Å². The zero-order chi connectivity index (χ0) is 34.4. The summed E-state index contributed by atoms with van der Waals surface area (Å²) >= 11 is 0. The minimum absolute atomic E-state index is 0.0114. The summed E-state index contributed by atoms with van der Waals surface area (Å²) in [5.74, 6) is 1.36. The van der Waals surface area contributed by atoms with Crippen LogP contribution in [0.2, 0.25) is 0 Å². The first-order chi connectivity index (χ1) is 23.1. The summed E-state index contributed by atoms with van der Waals surface area (Å²) in [6, 6.07) is 9.27. The third-order valence-electron chi connectivity index (χ3n) is 10.4. The van der Waals surface area contributed by atoms with E-state index in [1.807, 2.05) is 49.2 Å². The number of nitrogens with one attached hydrogen (secondary N) is 1. The number of nitrogens with zero attached hydrogens (tertiary/aromatic N) is 3.